The molecule has 2 heterocycles. The van der Waals surface area contributed by atoms with Crippen LogP contribution in [0.15, 0.2) is 30.6 Å². The topological polar surface area (TPSA) is 28.6 Å². The van der Waals surface area contributed by atoms with E-state index in [1.54, 1.807) is 7.11 Å². The number of pyridine rings is 1. The smallest absolute Gasteiger partial charge is 0.126 e. The summed E-state index contributed by atoms with van der Waals surface area (Å²) in [6.45, 7) is 4.33. The van der Waals surface area contributed by atoms with Crippen LogP contribution in [0.1, 0.15) is 0 Å². The number of aromatic nitrogens is 1. The zero-order valence-corrected chi connectivity index (χ0v) is 11.5. The van der Waals surface area contributed by atoms with Crippen LogP contribution in [0.2, 0.25) is 0 Å². The van der Waals surface area contributed by atoms with Gasteiger partial charge in [-0.15, -0.1) is 0 Å². The first kappa shape index (κ1) is 12.2. The first-order valence-corrected chi connectivity index (χ1v) is 6.64. The van der Waals surface area contributed by atoms with Crippen LogP contribution in [0.25, 0.3) is 10.8 Å². The van der Waals surface area contributed by atoms with Crippen LogP contribution in [0.5, 0.6) is 5.75 Å². The van der Waals surface area contributed by atoms with Crippen molar-refractivity contribution in [3.63, 3.8) is 0 Å². The molecule has 100 valence electrons. The molecule has 1 aromatic heterocycles. The molecule has 0 aliphatic carbocycles. The number of hydrogen-bond donors (Lipinski definition) is 0. The van der Waals surface area contributed by atoms with Gasteiger partial charge in [-0.25, -0.2) is 0 Å². The van der Waals surface area contributed by atoms with Crippen LogP contribution in [0.3, 0.4) is 0 Å². The molecular weight excluding hydrogens is 238 g/mol. The highest BCUT2D eigenvalue weighted by Crippen LogP contribution is 2.33. The lowest BCUT2D eigenvalue weighted by Gasteiger charge is -2.34. The Morgan fingerprint density at radius 1 is 1.05 bits per heavy atom. The van der Waals surface area contributed by atoms with E-state index in [1.807, 2.05) is 18.5 Å². The van der Waals surface area contributed by atoms with E-state index in [2.05, 4.69) is 34.0 Å². The van der Waals surface area contributed by atoms with Crippen molar-refractivity contribution >= 4 is 16.5 Å². The number of nitrogens with zero attached hydrogens (tertiary/aromatic N) is 3. The molecule has 19 heavy (non-hydrogen) atoms. The standard InChI is InChI=1S/C15H19N3O/c1-17-7-9-18(10-8-17)14-3-4-15(19-2)12-5-6-16-11-13(12)14/h3-6,11H,7-10H2,1-2H3. The summed E-state index contributed by atoms with van der Waals surface area (Å²) in [5.41, 5.74) is 1.26. The van der Waals surface area contributed by atoms with Gasteiger partial charge in [-0.2, -0.15) is 0 Å². The second-order valence-corrected chi connectivity index (χ2v) is 5.00. The molecule has 0 bridgehead atoms. The van der Waals surface area contributed by atoms with Gasteiger partial charge >= 0.3 is 0 Å². The number of piperazine rings is 1. The lowest BCUT2D eigenvalue weighted by atomic mass is 10.1. The maximum atomic E-state index is 5.43. The number of anilines is 1. The molecule has 0 N–H and O–H groups in total. The summed E-state index contributed by atoms with van der Waals surface area (Å²) in [6.07, 6.45) is 3.75. The highest BCUT2D eigenvalue weighted by Gasteiger charge is 2.17. The van der Waals surface area contributed by atoms with E-state index >= 15 is 0 Å². The van der Waals surface area contributed by atoms with E-state index in [0.29, 0.717) is 0 Å². The minimum atomic E-state index is 0.912. The van der Waals surface area contributed by atoms with E-state index in [4.69, 9.17) is 4.74 Å². The van der Waals surface area contributed by atoms with Crippen LogP contribution >= 0.6 is 0 Å². The van der Waals surface area contributed by atoms with Crippen LogP contribution < -0.4 is 9.64 Å². The number of rotatable bonds is 2. The van der Waals surface area contributed by atoms with Gasteiger partial charge in [0.25, 0.3) is 0 Å². The van der Waals surface area contributed by atoms with Gasteiger partial charge in [0, 0.05) is 55.0 Å². The summed E-state index contributed by atoms with van der Waals surface area (Å²) in [6, 6.07) is 6.22. The predicted molar refractivity (Wildman–Crippen MR) is 78.0 cm³/mol. The highest BCUT2D eigenvalue weighted by atomic mass is 16.5. The monoisotopic (exact) mass is 257 g/mol. The number of hydrogen-bond acceptors (Lipinski definition) is 4. The first-order valence-electron chi connectivity index (χ1n) is 6.64. The van der Waals surface area contributed by atoms with Crippen molar-refractivity contribution in [2.24, 2.45) is 0 Å². The van der Waals surface area contributed by atoms with E-state index in [9.17, 15) is 0 Å². The molecular formula is C15H19N3O. The normalized spacial score (nSPS) is 16.8. The summed E-state index contributed by atoms with van der Waals surface area (Å²) in [7, 11) is 3.88. The van der Waals surface area contributed by atoms with Gasteiger partial charge in [0.05, 0.1) is 7.11 Å². The average molecular weight is 257 g/mol. The van der Waals surface area contributed by atoms with Gasteiger partial charge in [-0.1, -0.05) is 0 Å². The summed E-state index contributed by atoms with van der Waals surface area (Å²) < 4.78 is 5.43. The quantitative estimate of drug-likeness (QED) is 0.822. The molecule has 0 atom stereocenters. The molecule has 4 nitrogen and oxygen atoms in total. The molecule has 0 radical (unpaired) electrons. The van der Waals surface area contributed by atoms with Crippen molar-refractivity contribution in [1.82, 2.24) is 9.88 Å². The van der Waals surface area contributed by atoms with Crippen LogP contribution in [0.4, 0.5) is 5.69 Å². The number of fused-ring (bicyclic) bond motifs is 1. The number of ether oxygens (including phenoxy) is 1. The first-order chi connectivity index (χ1) is 9.29. The Morgan fingerprint density at radius 2 is 1.84 bits per heavy atom. The molecule has 3 rings (SSSR count). The molecule has 0 saturated carbocycles. The number of methoxy groups -OCH3 is 1. The Balaban J connectivity index is 2.04. The molecule has 0 spiro atoms. The molecule has 1 aromatic carbocycles. The van der Waals surface area contributed by atoms with Gasteiger partial charge < -0.3 is 14.5 Å². The van der Waals surface area contributed by atoms with Crippen molar-refractivity contribution in [2.45, 2.75) is 0 Å². The van der Waals surface area contributed by atoms with E-state index < -0.39 is 0 Å². The second kappa shape index (κ2) is 5.05. The van der Waals surface area contributed by atoms with Gasteiger partial charge in [-0.3, -0.25) is 4.98 Å². The van der Waals surface area contributed by atoms with Crippen molar-refractivity contribution in [1.29, 1.82) is 0 Å². The minimum Gasteiger partial charge on any atom is -0.496 e. The Hall–Kier alpha value is -1.81. The van der Waals surface area contributed by atoms with Crippen molar-refractivity contribution in [3.05, 3.63) is 30.6 Å². The van der Waals surface area contributed by atoms with E-state index in [0.717, 1.165) is 37.3 Å². The summed E-state index contributed by atoms with van der Waals surface area (Å²) in [4.78, 5) is 9.06. The second-order valence-electron chi connectivity index (χ2n) is 5.00. The van der Waals surface area contributed by atoms with Crippen LogP contribution in [-0.2, 0) is 0 Å². The summed E-state index contributed by atoms with van der Waals surface area (Å²) >= 11 is 0. The molecule has 0 amide bonds. The third kappa shape index (κ3) is 2.24. The molecule has 1 fully saturated rings. The Labute approximate surface area is 113 Å². The minimum absolute atomic E-state index is 0.912. The molecule has 1 aliphatic heterocycles. The fourth-order valence-electron chi connectivity index (χ4n) is 2.65. The third-order valence-corrected chi connectivity index (χ3v) is 3.82. The van der Waals surface area contributed by atoms with Crippen molar-refractivity contribution in [3.8, 4) is 5.75 Å². The van der Waals surface area contributed by atoms with Gasteiger partial charge in [-0.05, 0) is 25.2 Å². The third-order valence-electron chi connectivity index (χ3n) is 3.82. The fraction of sp³-hybridized carbons (Fsp3) is 0.400. The van der Waals surface area contributed by atoms with Crippen molar-refractivity contribution in [2.75, 3.05) is 45.2 Å². The van der Waals surface area contributed by atoms with Crippen molar-refractivity contribution < 1.29 is 4.74 Å². The lowest BCUT2D eigenvalue weighted by Crippen LogP contribution is -2.44. The van der Waals surface area contributed by atoms with Gasteiger partial charge in [0.1, 0.15) is 5.75 Å². The Morgan fingerprint density at radius 3 is 2.58 bits per heavy atom. The molecule has 4 heteroatoms. The zero-order chi connectivity index (χ0) is 13.2. The fourth-order valence-corrected chi connectivity index (χ4v) is 2.65. The van der Waals surface area contributed by atoms with E-state index in [-0.39, 0.29) is 0 Å². The number of benzene rings is 1. The van der Waals surface area contributed by atoms with Crippen LogP contribution in [0, 0.1) is 0 Å². The Bertz CT molecular complexity index is 577. The summed E-state index contributed by atoms with van der Waals surface area (Å²) in [5.74, 6) is 0.912. The predicted octanol–water partition coefficient (Wildman–Crippen LogP) is 2.00. The lowest BCUT2D eigenvalue weighted by molar-refractivity contribution is 0.313. The molecule has 0 unspecified atom stereocenters. The average Bonchev–Trinajstić information content (AvgIpc) is 2.47. The molecule has 1 saturated heterocycles. The maximum Gasteiger partial charge on any atom is 0.126 e. The largest absolute Gasteiger partial charge is 0.496 e. The highest BCUT2D eigenvalue weighted by molar-refractivity contribution is 5.97. The van der Waals surface area contributed by atoms with Crippen LogP contribution in [-0.4, -0.2) is 50.2 Å². The van der Waals surface area contributed by atoms with E-state index in [1.165, 1.54) is 11.1 Å². The molecule has 2 aromatic rings. The molecule has 1 aliphatic rings. The maximum absolute atomic E-state index is 5.43. The van der Waals surface area contributed by atoms with Gasteiger partial charge in [0.2, 0.25) is 0 Å². The Kier molecular flexibility index (Phi) is 3.25. The summed E-state index contributed by atoms with van der Waals surface area (Å²) in [5, 5.41) is 2.31. The SMILES string of the molecule is COc1ccc(N2CCN(C)CC2)c2cnccc12. The zero-order valence-electron chi connectivity index (χ0n) is 11.5. The van der Waals surface area contributed by atoms with Gasteiger partial charge in [0.15, 0.2) is 0 Å². The number of likely N-dealkylation sites (N-methyl/N-ethyl adjacent to an activating group) is 1.